The maximum Gasteiger partial charge on any atom is 0.162 e. The molecular formula is C13H18O2. The lowest BCUT2D eigenvalue weighted by atomic mass is 10.1. The zero-order chi connectivity index (χ0) is 11.5. The first-order valence-corrected chi connectivity index (χ1v) is 4.96. The Bertz CT molecular complexity index is 348. The Hall–Kier alpha value is -1.44. The van der Waals surface area contributed by atoms with Gasteiger partial charge >= 0.3 is 0 Å². The summed E-state index contributed by atoms with van der Waals surface area (Å²) in [6.07, 6.45) is 1.79. The van der Waals surface area contributed by atoms with Gasteiger partial charge in [0.2, 0.25) is 0 Å². The smallest absolute Gasteiger partial charge is 0.162 e. The minimum absolute atomic E-state index is 0.229. The predicted octanol–water partition coefficient (Wildman–Crippen LogP) is 3.52. The van der Waals surface area contributed by atoms with E-state index in [1.165, 1.54) is 0 Å². The zero-order valence-corrected chi connectivity index (χ0v) is 9.83. The van der Waals surface area contributed by atoms with Crippen molar-refractivity contribution in [2.24, 2.45) is 0 Å². The van der Waals surface area contributed by atoms with E-state index in [1.807, 2.05) is 39.0 Å². The molecule has 0 radical (unpaired) electrons. The molecule has 0 bridgehead atoms. The van der Waals surface area contributed by atoms with Crippen LogP contribution < -0.4 is 9.47 Å². The van der Waals surface area contributed by atoms with Crippen LogP contribution in [-0.4, -0.2) is 12.7 Å². The molecule has 0 spiro atoms. The number of hydrogen-bond acceptors (Lipinski definition) is 2. The highest BCUT2D eigenvalue weighted by molar-refractivity contribution is 5.54. The van der Waals surface area contributed by atoms with Crippen molar-refractivity contribution in [2.75, 3.05) is 7.11 Å². The van der Waals surface area contributed by atoms with Crippen LogP contribution in [0.2, 0.25) is 0 Å². The summed E-state index contributed by atoms with van der Waals surface area (Å²) in [6, 6.07) is 5.76. The highest BCUT2D eigenvalue weighted by Gasteiger charge is 2.15. The fourth-order valence-corrected chi connectivity index (χ4v) is 1.23. The molecule has 0 N–H and O–H groups in total. The summed E-state index contributed by atoms with van der Waals surface area (Å²) in [4.78, 5) is 0. The summed E-state index contributed by atoms with van der Waals surface area (Å²) >= 11 is 0. The van der Waals surface area contributed by atoms with E-state index < -0.39 is 0 Å². The quantitative estimate of drug-likeness (QED) is 0.753. The number of benzene rings is 1. The first-order chi connectivity index (χ1) is 6.96. The third kappa shape index (κ3) is 3.31. The van der Waals surface area contributed by atoms with E-state index in [0.29, 0.717) is 0 Å². The Morgan fingerprint density at radius 2 is 1.87 bits per heavy atom. The standard InChI is InChI=1S/C13H18O2/c1-6-10-7-8-11(14-5)12(9-10)15-13(2,3)4/h6-9H,1H2,2-5H3. The monoisotopic (exact) mass is 206 g/mol. The minimum Gasteiger partial charge on any atom is -0.493 e. The largest absolute Gasteiger partial charge is 0.493 e. The molecule has 82 valence electrons. The second kappa shape index (κ2) is 4.39. The fraction of sp³-hybridized carbons (Fsp3) is 0.385. The molecule has 0 saturated carbocycles. The van der Waals surface area contributed by atoms with Gasteiger partial charge in [0, 0.05) is 0 Å². The Balaban J connectivity index is 3.06. The highest BCUT2D eigenvalue weighted by atomic mass is 16.5. The molecular weight excluding hydrogens is 188 g/mol. The maximum atomic E-state index is 5.79. The molecule has 0 saturated heterocycles. The van der Waals surface area contributed by atoms with Gasteiger partial charge in [0.25, 0.3) is 0 Å². The van der Waals surface area contributed by atoms with E-state index in [0.717, 1.165) is 17.1 Å². The molecule has 0 heterocycles. The van der Waals surface area contributed by atoms with Gasteiger partial charge in [-0.2, -0.15) is 0 Å². The predicted molar refractivity (Wildman–Crippen MR) is 63.5 cm³/mol. The van der Waals surface area contributed by atoms with Gasteiger partial charge in [-0.25, -0.2) is 0 Å². The Labute approximate surface area is 91.5 Å². The van der Waals surface area contributed by atoms with Gasteiger partial charge in [-0.05, 0) is 38.5 Å². The van der Waals surface area contributed by atoms with Crippen molar-refractivity contribution < 1.29 is 9.47 Å². The van der Waals surface area contributed by atoms with Crippen molar-refractivity contribution in [3.63, 3.8) is 0 Å². The number of hydrogen-bond donors (Lipinski definition) is 0. The van der Waals surface area contributed by atoms with Crippen LogP contribution >= 0.6 is 0 Å². The summed E-state index contributed by atoms with van der Waals surface area (Å²) in [5.74, 6) is 1.50. The molecule has 0 amide bonds. The van der Waals surface area contributed by atoms with Gasteiger partial charge in [-0.15, -0.1) is 0 Å². The van der Waals surface area contributed by atoms with E-state index >= 15 is 0 Å². The van der Waals surface area contributed by atoms with Gasteiger partial charge in [0.1, 0.15) is 5.60 Å². The van der Waals surface area contributed by atoms with Crippen LogP contribution in [0.5, 0.6) is 11.5 Å². The van der Waals surface area contributed by atoms with Gasteiger partial charge in [-0.3, -0.25) is 0 Å². The van der Waals surface area contributed by atoms with Gasteiger partial charge < -0.3 is 9.47 Å². The molecule has 15 heavy (non-hydrogen) atoms. The van der Waals surface area contributed by atoms with Crippen LogP contribution in [0.1, 0.15) is 26.3 Å². The summed E-state index contributed by atoms with van der Waals surface area (Å²) in [6.45, 7) is 9.75. The zero-order valence-electron chi connectivity index (χ0n) is 9.83. The van der Waals surface area contributed by atoms with Crippen molar-refractivity contribution in [2.45, 2.75) is 26.4 Å². The Morgan fingerprint density at radius 3 is 2.33 bits per heavy atom. The molecule has 0 fully saturated rings. The van der Waals surface area contributed by atoms with Crippen molar-refractivity contribution in [1.29, 1.82) is 0 Å². The van der Waals surface area contributed by atoms with Crippen molar-refractivity contribution in [1.82, 2.24) is 0 Å². The van der Waals surface area contributed by atoms with Crippen LogP contribution in [0.25, 0.3) is 6.08 Å². The fourth-order valence-electron chi connectivity index (χ4n) is 1.23. The molecule has 1 rings (SSSR count). The third-order valence-corrected chi connectivity index (χ3v) is 1.84. The summed E-state index contributed by atoms with van der Waals surface area (Å²) < 4.78 is 11.0. The first kappa shape index (κ1) is 11.6. The average Bonchev–Trinajstić information content (AvgIpc) is 2.15. The van der Waals surface area contributed by atoms with E-state index in [-0.39, 0.29) is 5.60 Å². The normalized spacial score (nSPS) is 10.9. The molecule has 0 aliphatic rings. The van der Waals surface area contributed by atoms with Crippen LogP contribution in [0.15, 0.2) is 24.8 Å². The second-order valence-corrected chi connectivity index (χ2v) is 4.33. The minimum atomic E-state index is -0.229. The maximum absolute atomic E-state index is 5.79. The summed E-state index contributed by atoms with van der Waals surface area (Å²) in [7, 11) is 1.64. The highest BCUT2D eigenvalue weighted by Crippen LogP contribution is 2.31. The third-order valence-electron chi connectivity index (χ3n) is 1.84. The number of methoxy groups -OCH3 is 1. The first-order valence-electron chi connectivity index (χ1n) is 4.96. The Kier molecular flexibility index (Phi) is 3.40. The van der Waals surface area contributed by atoms with E-state index in [9.17, 15) is 0 Å². The average molecular weight is 206 g/mol. The summed E-state index contributed by atoms with van der Waals surface area (Å²) in [5.41, 5.74) is 0.794. The second-order valence-electron chi connectivity index (χ2n) is 4.33. The molecule has 0 unspecified atom stereocenters. The van der Waals surface area contributed by atoms with Crippen LogP contribution in [0.3, 0.4) is 0 Å². The van der Waals surface area contributed by atoms with Crippen molar-refractivity contribution in [3.05, 3.63) is 30.3 Å². The molecule has 2 nitrogen and oxygen atoms in total. The van der Waals surface area contributed by atoms with Crippen LogP contribution in [-0.2, 0) is 0 Å². The van der Waals surface area contributed by atoms with Crippen LogP contribution in [0.4, 0.5) is 0 Å². The molecule has 0 atom stereocenters. The molecule has 1 aromatic rings. The molecule has 0 aliphatic heterocycles. The lowest BCUT2D eigenvalue weighted by Crippen LogP contribution is -2.23. The number of rotatable bonds is 3. The van der Waals surface area contributed by atoms with Gasteiger partial charge in [-0.1, -0.05) is 18.7 Å². The molecule has 0 aliphatic carbocycles. The van der Waals surface area contributed by atoms with Crippen molar-refractivity contribution in [3.8, 4) is 11.5 Å². The van der Waals surface area contributed by atoms with Crippen LogP contribution in [0, 0.1) is 0 Å². The van der Waals surface area contributed by atoms with Gasteiger partial charge in [0.15, 0.2) is 11.5 Å². The SMILES string of the molecule is C=Cc1ccc(OC)c(OC(C)(C)C)c1. The molecule has 0 aromatic heterocycles. The Morgan fingerprint density at radius 1 is 1.20 bits per heavy atom. The van der Waals surface area contributed by atoms with Gasteiger partial charge in [0.05, 0.1) is 7.11 Å². The lowest BCUT2D eigenvalue weighted by molar-refractivity contribution is 0.125. The summed E-state index contributed by atoms with van der Waals surface area (Å²) in [5, 5.41) is 0. The lowest BCUT2D eigenvalue weighted by Gasteiger charge is -2.23. The van der Waals surface area contributed by atoms with E-state index in [4.69, 9.17) is 9.47 Å². The van der Waals surface area contributed by atoms with E-state index in [2.05, 4.69) is 6.58 Å². The van der Waals surface area contributed by atoms with E-state index in [1.54, 1.807) is 13.2 Å². The van der Waals surface area contributed by atoms with Crippen molar-refractivity contribution >= 4 is 6.08 Å². The number of ether oxygens (including phenoxy) is 2. The molecule has 2 heteroatoms. The topological polar surface area (TPSA) is 18.5 Å². The molecule has 1 aromatic carbocycles.